The molecule has 4 N–H and O–H groups in total. The summed E-state index contributed by atoms with van der Waals surface area (Å²) in [7, 11) is -4.32. The smallest absolute Gasteiger partial charge is 0.459 e. The van der Waals surface area contributed by atoms with Crippen LogP contribution in [0.15, 0.2) is 52.2 Å². The fraction of sp³-hybridized carbons (Fsp3) is 0.435. The van der Waals surface area contributed by atoms with Crippen LogP contribution in [0.1, 0.15) is 27.0 Å². The predicted octanol–water partition coefficient (Wildman–Crippen LogP) is 0.293. The van der Waals surface area contributed by atoms with Gasteiger partial charge in [0.25, 0.3) is 5.56 Å². The molecule has 0 amide bonds. The number of para-hydroxylation sites is 1. The summed E-state index contributed by atoms with van der Waals surface area (Å²) in [5, 5.41) is 24.1. The molecule has 2 unspecified atom stereocenters. The van der Waals surface area contributed by atoms with Crippen LogP contribution in [0.2, 0.25) is 0 Å². The molecule has 1 aliphatic rings. The second-order valence-corrected chi connectivity index (χ2v) is 10.2. The molecule has 37 heavy (non-hydrogen) atoms. The minimum atomic E-state index is -4.32. The molecule has 0 radical (unpaired) electrons. The molecule has 1 aromatic carbocycles. The second kappa shape index (κ2) is 11.4. The standard InChI is InChI=1S/C23H28N3O10P/c1-5-23(31)19(28)17(35-21(23)26-12-11-18(27)24-22(26)30)13-33-37(32,36-16-9-7-6-8-10-16)25-15(4)20(29)34-14(2)3/h1,6-12,14-15,17,19,21,28,31H,13H2,2-4H3,(H,25,32)(H,24,27,30)/t15?,17-,19-,21-,23-,37?/m1/s1. The van der Waals surface area contributed by atoms with Crippen molar-refractivity contribution in [1.29, 1.82) is 0 Å². The molecule has 1 aromatic heterocycles. The maximum absolute atomic E-state index is 13.6. The Morgan fingerprint density at radius 3 is 2.57 bits per heavy atom. The van der Waals surface area contributed by atoms with Crippen LogP contribution in [0.3, 0.4) is 0 Å². The molecule has 2 aromatic rings. The molecule has 1 fully saturated rings. The maximum Gasteiger partial charge on any atom is 0.459 e. The van der Waals surface area contributed by atoms with Gasteiger partial charge in [-0.05, 0) is 32.9 Å². The Bertz CT molecular complexity index is 1300. The lowest BCUT2D eigenvalue weighted by atomic mass is 9.95. The number of ether oxygens (including phenoxy) is 2. The molecule has 0 saturated carbocycles. The Morgan fingerprint density at radius 1 is 1.30 bits per heavy atom. The summed E-state index contributed by atoms with van der Waals surface area (Å²) in [5.74, 6) is 1.44. The average molecular weight is 537 g/mol. The number of carbonyl (C=O) groups excluding carboxylic acids is 1. The molecule has 3 rings (SSSR count). The number of aliphatic hydroxyl groups excluding tert-OH is 1. The second-order valence-electron chi connectivity index (χ2n) is 8.49. The highest BCUT2D eigenvalue weighted by atomic mass is 31.2. The molecular weight excluding hydrogens is 509 g/mol. The van der Waals surface area contributed by atoms with Gasteiger partial charge in [0.05, 0.1) is 12.7 Å². The van der Waals surface area contributed by atoms with Crippen LogP contribution in [0, 0.1) is 12.3 Å². The first kappa shape index (κ1) is 28.3. The number of terminal acetylenes is 1. The predicted molar refractivity (Wildman–Crippen MR) is 129 cm³/mol. The number of hydrogen-bond donors (Lipinski definition) is 4. The van der Waals surface area contributed by atoms with Crippen molar-refractivity contribution in [3.05, 3.63) is 63.4 Å². The van der Waals surface area contributed by atoms with Gasteiger partial charge in [0, 0.05) is 12.3 Å². The third-order valence-corrected chi connectivity index (χ3v) is 6.90. The zero-order valence-corrected chi connectivity index (χ0v) is 21.2. The van der Waals surface area contributed by atoms with E-state index < -0.39 is 67.8 Å². The normalized spacial score (nSPS) is 25.7. The molecule has 1 aliphatic heterocycles. The van der Waals surface area contributed by atoms with Crippen molar-refractivity contribution in [2.24, 2.45) is 0 Å². The molecular formula is C23H28N3O10P. The number of nitrogens with one attached hydrogen (secondary N) is 2. The molecule has 1 saturated heterocycles. The van der Waals surface area contributed by atoms with Crippen LogP contribution < -0.4 is 20.9 Å². The van der Waals surface area contributed by atoms with Crippen molar-refractivity contribution in [3.63, 3.8) is 0 Å². The van der Waals surface area contributed by atoms with Crippen LogP contribution in [-0.4, -0.2) is 62.3 Å². The number of rotatable bonds is 10. The SMILES string of the molecule is C#C[C@@]1(O)[C@H](O)[C@@H](COP(=O)(NC(C)C(=O)OC(C)C)Oc2ccccc2)O[C@H]1n1ccc(=O)[nH]c1=O. The highest BCUT2D eigenvalue weighted by molar-refractivity contribution is 7.52. The van der Waals surface area contributed by atoms with Gasteiger partial charge in [-0.15, -0.1) is 6.42 Å². The first-order valence-corrected chi connectivity index (χ1v) is 12.8. The zero-order valence-electron chi connectivity index (χ0n) is 20.3. The van der Waals surface area contributed by atoms with E-state index in [1.807, 2.05) is 10.9 Å². The number of hydrogen-bond acceptors (Lipinski definition) is 10. The molecule has 2 heterocycles. The summed E-state index contributed by atoms with van der Waals surface area (Å²) in [6, 6.07) is 7.84. The number of benzene rings is 1. The first-order valence-electron chi connectivity index (χ1n) is 11.2. The highest BCUT2D eigenvalue weighted by Gasteiger charge is 2.56. The molecule has 6 atom stereocenters. The van der Waals surface area contributed by atoms with E-state index in [0.717, 1.165) is 16.8 Å². The van der Waals surface area contributed by atoms with E-state index in [4.69, 9.17) is 24.9 Å². The van der Waals surface area contributed by atoms with Gasteiger partial charge in [-0.3, -0.25) is 23.7 Å². The summed E-state index contributed by atoms with van der Waals surface area (Å²) >= 11 is 0. The lowest BCUT2D eigenvalue weighted by Gasteiger charge is -2.26. The minimum Gasteiger partial charge on any atom is -0.462 e. The van der Waals surface area contributed by atoms with Crippen LogP contribution >= 0.6 is 7.75 Å². The van der Waals surface area contributed by atoms with E-state index >= 15 is 0 Å². The van der Waals surface area contributed by atoms with E-state index in [2.05, 4.69) is 5.09 Å². The third kappa shape index (κ3) is 6.56. The fourth-order valence-electron chi connectivity index (χ4n) is 3.46. The minimum absolute atomic E-state index is 0.147. The van der Waals surface area contributed by atoms with Crippen molar-refractivity contribution in [2.75, 3.05) is 6.61 Å². The highest BCUT2D eigenvalue weighted by Crippen LogP contribution is 2.46. The number of carbonyl (C=O) groups is 1. The van der Waals surface area contributed by atoms with Gasteiger partial charge in [0.15, 0.2) is 11.8 Å². The van der Waals surface area contributed by atoms with Crippen molar-refractivity contribution in [1.82, 2.24) is 14.6 Å². The summed E-state index contributed by atoms with van der Waals surface area (Å²) in [6.45, 7) is 4.04. The summed E-state index contributed by atoms with van der Waals surface area (Å²) in [4.78, 5) is 37.9. The quantitative estimate of drug-likeness (QED) is 0.186. The lowest BCUT2D eigenvalue weighted by molar-refractivity contribution is -0.149. The third-order valence-electron chi connectivity index (χ3n) is 5.25. The van der Waals surface area contributed by atoms with Crippen molar-refractivity contribution in [3.8, 4) is 18.1 Å². The summed E-state index contributed by atoms with van der Waals surface area (Å²) < 4.78 is 36.2. The van der Waals surface area contributed by atoms with Gasteiger partial charge in [-0.2, -0.15) is 5.09 Å². The van der Waals surface area contributed by atoms with Gasteiger partial charge in [0.1, 0.15) is 24.0 Å². The summed E-state index contributed by atoms with van der Waals surface area (Å²) in [6.07, 6.45) is 1.22. The molecule has 0 spiro atoms. The fourth-order valence-corrected chi connectivity index (χ4v) is 4.96. The first-order chi connectivity index (χ1) is 17.4. The molecule has 0 bridgehead atoms. The van der Waals surface area contributed by atoms with Gasteiger partial charge in [0.2, 0.25) is 0 Å². The molecule has 13 nitrogen and oxygen atoms in total. The molecule has 200 valence electrons. The van der Waals surface area contributed by atoms with Gasteiger partial charge in [-0.1, -0.05) is 24.1 Å². The van der Waals surface area contributed by atoms with Gasteiger partial charge in [-0.25, -0.2) is 9.36 Å². The van der Waals surface area contributed by atoms with Crippen molar-refractivity contribution >= 4 is 13.7 Å². The van der Waals surface area contributed by atoms with E-state index in [1.54, 1.807) is 32.0 Å². The van der Waals surface area contributed by atoms with E-state index in [1.165, 1.54) is 19.1 Å². The van der Waals surface area contributed by atoms with Gasteiger partial charge >= 0.3 is 19.4 Å². The Hall–Kier alpha value is -3.24. The van der Waals surface area contributed by atoms with E-state index in [0.29, 0.717) is 0 Å². The molecule has 0 aliphatic carbocycles. The van der Waals surface area contributed by atoms with Gasteiger partial charge < -0.3 is 24.2 Å². The Balaban J connectivity index is 1.84. The number of aromatic nitrogens is 2. The largest absolute Gasteiger partial charge is 0.462 e. The average Bonchev–Trinajstić information content (AvgIpc) is 3.08. The van der Waals surface area contributed by atoms with Crippen LogP contribution in [0.25, 0.3) is 0 Å². The number of aromatic amines is 1. The van der Waals surface area contributed by atoms with E-state index in [9.17, 15) is 29.2 Å². The maximum atomic E-state index is 13.6. The van der Waals surface area contributed by atoms with Crippen LogP contribution in [-0.2, 0) is 23.4 Å². The molecule has 14 heteroatoms. The number of aliphatic hydroxyl groups is 2. The van der Waals surface area contributed by atoms with Crippen LogP contribution in [0.5, 0.6) is 5.75 Å². The Morgan fingerprint density at radius 2 is 1.97 bits per heavy atom. The Labute approximate surface area is 211 Å². The number of esters is 1. The Kier molecular flexibility index (Phi) is 8.76. The zero-order chi connectivity index (χ0) is 27.4. The summed E-state index contributed by atoms with van der Waals surface area (Å²) in [5.41, 5.74) is -4.06. The van der Waals surface area contributed by atoms with Crippen LogP contribution in [0.4, 0.5) is 0 Å². The van der Waals surface area contributed by atoms with E-state index in [-0.39, 0.29) is 5.75 Å². The topological polar surface area (TPSA) is 178 Å². The number of nitrogens with zero attached hydrogens (tertiary/aromatic N) is 1. The number of H-pyrrole nitrogens is 1. The monoisotopic (exact) mass is 537 g/mol. The lowest BCUT2D eigenvalue weighted by Crippen LogP contribution is -2.48. The van der Waals surface area contributed by atoms with Crippen molar-refractivity contribution < 1.29 is 38.1 Å². The van der Waals surface area contributed by atoms with Crippen molar-refractivity contribution in [2.45, 2.75) is 57.0 Å².